The Morgan fingerprint density at radius 1 is 1.06 bits per heavy atom. The van der Waals surface area contributed by atoms with Crippen LogP contribution in [0.1, 0.15) is 50.9 Å². The van der Waals surface area contributed by atoms with E-state index in [1.807, 2.05) is 33.0 Å². The van der Waals surface area contributed by atoms with E-state index >= 15 is 0 Å². The van der Waals surface area contributed by atoms with Gasteiger partial charge < -0.3 is 19.4 Å². The van der Waals surface area contributed by atoms with Crippen molar-refractivity contribution in [2.45, 2.75) is 64.8 Å². The first-order chi connectivity index (χ1) is 16.8. The summed E-state index contributed by atoms with van der Waals surface area (Å²) in [4.78, 5) is 18.4. The average molecular weight is 474 g/mol. The van der Waals surface area contributed by atoms with Gasteiger partial charge in [-0.25, -0.2) is 9.97 Å². The number of hydrogen-bond donors (Lipinski definition) is 2. The Labute approximate surface area is 206 Å². The van der Waals surface area contributed by atoms with Gasteiger partial charge in [0.25, 0.3) is 0 Å². The predicted molar refractivity (Wildman–Crippen MR) is 138 cm³/mol. The molecule has 0 amide bonds. The molecule has 4 aromatic rings. The summed E-state index contributed by atoms with van der Waals surface area (Å²) in [5.74, 6) is 0.443. The van der Waals surface area contributed by atoms with Crippen LogP contribution in [-0.2, 0) is 16.0 Å². The van der Waals surface area contributed by atoms with Gasteiger partial charge in [0.15, 0.2) is 11.4 Å². The number of fused-ring (bicyclic) bond motifs is 2. The fourth-order valence-electron chi connectivity index (χ4n) is 5.77. The van der Waals surface area contributed by atoms with Crippen LogP contribution in [0.5, 0.6) is 0 Å². The van der Waals surface area contributed by atoms with E-state index in [9.17, 15) is 0 Å². The van der Waals surface area contributed by atoms with Crippen molar-refractivity contribution >= 4 is 22.1 Å². The molecule has 184 valence electrons. The lowest BCUT2D eigenvalue weighted by atomic mass is 9.72. The van der Waals surface area contributed by atoms with Gasteiger partial charge in [-0.2, -0.15) is 0 Å². The van der Waals surface area contributed by atoms with Crippen molar-refractivity contribution < 1.29 is 9.47 Å². The van der Waals surface area contributed by atoms with Gasteiger partial charge in [-0.1, -0.05) is 12.1 Å². The molecule has 0 unspecified atom stereocenters. The van der Waals surface area contributed by atoms with Crippen LogP contribution in [0.2, 0.25) is 0 Å². The zero-order valence-electron chi connectivity index (χ0n) is 21.1. The smallest absolute Gasteiger partial charge is 0.178 e. The lowest BCUT2D eigenvalue weighted by Gasteiger charge is -2.48. The number of benzene rings is 1. The molecule has 1 aromatic carbocycles. The van der Waals surface area contributed by atoms with E-state index < -0.39 is 5.79 Å². The molecule has 7 nitrogen and oxygen atoms in total. The Kier molecular flexibility index (Phi) is 5.47. The molecule has 1 spiro atoms. The van der Waals surface area contributed by atoms with Crippen molar-refractivity contribution in [2.75, 3.05) is 20.3 Å². The number of nitrogens with one attached hydrogen (secondary N) is 2. The zero-order chi connectivity index (χ0) is 24.2. The number of aromatic nitrogens is 4. The van der Waals surface area contributed by atoms with Crippen molar-refractivity contribution in [1.29, 1.82) is 0 Å². The molecule has 6 rings (SSSR count). The van der Waals surface area contributed by atoms with E-state index in [1.165, 1.54) is 36.6 Å². The number of aromatic amines is 2. The number of ether oxygens (including phenoxy) is 2. The van der Waals surface area contributed by atoms with Crippen LogP contribution in [0.25, 0.3) is 33.3 Å². The van der Waals surface area contributed by atoms with Gasteiger partial charge in [-0.05, 0) is 77.3 Å². The summed E-state index contributed by atoms with van der Waals surface area (Å²) < 4.78 is 12.0. The second-order valence-corrected chi connectivity index (χ2v) is 11.1. The molecule has 35 heavy (non-hydrogen) atoms. The average Bonchev–Trinajstić information content (AvgIpc) is 3.43. The first-order valence-corrected chi connectivity index (χ1v) is 12.7. The van der Waals surface area contributed by atoms with Gasteiger partial charge >= 0.3 is 0 Å². The maximum absolute atomic E-state index is 6.00. The molecular weight excluding hydrogens is 438 g/mol. The minimum Gasteiger partial charge on any atom is -0.354 e. The molecule has 0 radical (unpaired) electrons. The Hall–Kier alpha value is -2.74. The van der Waals surface area contributed by atoms with Gasteiger partial charge in [-0.3, -0.25) is 4.90 Å². The van der Waals surface area contributed by atoms with Crippen LogP contribution in [0, 0.1) is 12.3 Å². The molecule has 2 N–H and O–H groups in total. The van der Waals surface area contributed by atoms with Crippen LogP contribution in [0.3, 0.4) is 0 Å². The molecule has 0 atom stereocenters. The third-order valence-electron chi connectivity index (χ3n) is 8.01. The largest absolute Gasteiger partial charge is 0.354 e. The highest BCUT2D eigenvalue weighted by atomic mass is 16.7. The van der Waals surface area contributed by atoms with Gasteiger partial charge in [0.05, 0.1) is 18.7 Å². The number of H-pyrrole nitrogens is 2. The van der Waals surface area contributed by atoms with Crippen LogP contribution >= 0.6 is 0 Å². The second kappa shape index (κ2) is 8.43. The minimum absolute atomic E-state index is 0.206. The lowest BCUT2D eigenvalue weighted by molar-refractivity contribution is -0.290. The van der Waals surface area contributed by atoms with Gasteiger partial charge in [0.1, 0.15) is 5.82 Å². The summed E-state index contributed by atoms with van der Waals surface area (Å²) in [6.07, 6.45) is 6.56. The van der Waals surface area contributed by atoms with Crippen molar-refractivity contribution in [3.05, 3.63) is 47.9 Å². The van der Waals surface area contributed by atoms with E-state index in [1.54, 1.807) is 0 Å². The fraction of sp³-hybridized carbons (Fsp3) is 0.500. The minimum atomic E-state index is -0.435. The molecule has 1 saturated heterocycles. The number of imidazole rings is 1. The molecular formula is C28H35N5O2. The first kappa shape index (κ1) is 22.7. The summed E-state index contributed by atoms with van der Waals surface area (Å²) in [6, 6.07) is 11.6. The third kappa shape index (κ3) is 4.37. The fourth-order valence-corrected chi connectivity index (χ4v) is 5.77. The number of nitrogens with zero attached hydrogens (tertiary/aromatic N) is 3. The van der Waals surface area contributed by atoms with Crippen molar-refractivity contribution in [2.24, 2.45) is 5.41 Å². The zero-order valence-corrected chi connectivity index (χ0v) is 21.1. The van der Waals surface area contributed by atoms with E-state index in [-0.39, 0.29) is 5.41 Å². The van der Waals surface area contributed by atoms with Gasteiger partial charge in [0, 0.05) is 46.4 Å². The number of hydrogen-bond acceptors (Lipinski definition) is 5. The topological polar surface area (TPSA) is 79.1 Å². The molecule has 0 bridgehead atoms. The molecule has 2 fully saturated rings. The molecule has 1 aliphatic heterocycles. The lowest BCUT2D eigenvalue weighted by Crippen LogP contribution is -2.50. The number of aryl methyl sites for hydroxylation is 1. The highest BCUT2D eigenvalue weighted by Crippen LogP contribution is 2.42. The Morgan fingerprint density at radius 2 is 1.83 bits per heavy atom. The predicted octanol–water partition coefficient (Wildman–Crippen LogP) is 5.56. The summed E-state index contributed by atoms with van der Waals surface area (Å²) in [7, 11) is 2.26. The molecule has 4 heterocycles. The summed E-state index contributed by atoms with van der Waals surface area (Å²) in [5.41, 5.74) is 6.61. The molecule has 1 aliphatic carbocycles. The van der Waals surface area contributed by atoms with Crippen molar-refractivity contribution in [1.82, 2.24) is 24.8 Å². The van der Waals surface area contributed by atoms with E-state index in [4.69, 9.17) is 9.47 Å². The van der Waals surface area contributed by atoms with E-state index in [0.29, 0.717) is 6.04 Å². The maximum Gasteiger partial charge on any atom is 0.178 e. The van der Waals surface area contributed by atoms with Gasteiger partial charge in [0.2, 0.25) is 0 Å². The van der Waals surface area contributed by atoms with Crippen LogP contribution in [0.4, 0.5) is 0 Å². The normalized spacial score (nSPS) is 20.4. The molecule has 2 aliphatic rings. The molecule has 3 aromatic heterocycles. The third-order valence-corrected chi connectivity index (χ3v) is 8.01. The Morgan fingerprint density at radius 3 is 2.60 bits per heavy atom. The van der Waals surface area contributed by atoms with E-state index in [0.717, 1.165) is 53.5 Å². The summed E-state index contributed by atoms with van der Waals surface area (Å²) >= 11 is 0. The number of rotatable bonds is 4. The highest BCUT2D eigenvalue weighted by Gasteiger charge is 2.42. The quantitative estimate of drug-likeness (QED) is 0.406. The van der Waals surface area contributed by atoms with Crippen LogP contribution < -0.4 is 0 Å². The first-order valence-electron chi connectivity index (χ1n) is 12.7. The highest BCUT2D eigenvalue weighted by molar-refractivity contribution is 5.94. The molecule has 7 heteroatoms. The van der Waals surface area contributed by atoms with Crippen LogP contribution in [-0.4, -0.2) is 56.9 Å². The number of pyridine rings is 1. The van der Waals surface area contributed by atoms with Crippen molar-refractivity contribution in [3.63, 3.8) is 0 Å². The van der Waals surface area contributed by atoms with E-state index in [2.05, 4.69) is 56.1 Å². The van der Waals surface area contributed by atoms with Crippen molar-refractivity contribution in [3.8, 4) is 11.3 Å². The standard InChI is InChI=1S/C28H35N5O2/c1-18-30-25-22(9-12-29-26(25)31-18)24-14-20-6-5-19(13-23(20)32-24)15-33(4)21-7-10-28(11-8-21)16-34-27(2,3)35-17-28/h5-6,9,12-14,21,32H,7-8,10-11,15-17H2,1-4H3,(H,29,30,31). The maximum atomic E-state index is 6.00. The monoisotopic (exact) mass is 473 g/mol. The van der Waals surface area contributed by atoms with Gasteiger partial charge in [-0.15, -0.1) is 0 Å². The molecule has 1 saturated carbocycles. The summed E-state index contributed by atoms with van der Waals surface area (Å²) in [5, 5.41) is 1.22. The second-order valence-electron chi connectivity index (χ2n) is 11.1. The SMILES string of the molecule is Cc1nc2nccc(-c3cc4ccc(CN(C)C5CCC6(CC5)COC(C)(C)OC6)cc4[nH]3)c2[nH]1. The Bertz CT molecular complexity index is 1350. The Balaban J connectivity index is 1.15. The van der Waals surface area contributed by atoms with Crippen LogP contribution in [0.15, 0.2) is 36.5 Å². The summed E-state index contributed by atoms with van der Waals surface area (Å²) in [6.45, 7) is 8.58.